The Bertz CT molecular complexity index is 240. The second-order valence-electron chi connectivity index (χ2n) is 4.28. The van der Waals surface area contributed by atoms with E-state index in [0.29, 0.717) is 12.4 Å². The van der Waals surface area contributed by atoms with E-state index < -0.39 is 5.97 Å². The molecule has 1 heterocycles. The minimum atomic E-state index is -0.895. The highest BCUT2D eigenvalue weighted by Crippen LogP contribution is 2.26. The standard InChI is InChI=1S/C9H15NO3/c1-9(2,3)6-5-10-7(13-6)4-8(11)12/h6H,4-5H2,1-3H3,(H,11,12). The fourth-order valence-corrected chi connectivity index (χ4v) is 1.10. The Morgan fingerprint density at radius 3 is 2.69 bits per heavy atom. The number of aliphatic imine (C=N–C) groups is 1. The van der Waals surface area contributed by atoms with Gasteiger partial charge in [-0.15, -0.1) is 0 Å². The Balaban J connectivity index is 2.47. The predicted molar refractivity (Wildman–Crippen MR) is 48.9 cm³/mol. The summed E-state index contributed by atoms with van der Waals surface area (Å²) in [5, 5.41) is 8.50. The molecule has 0 saturated carbocycles. The summed E-state index contributed by atoms with van der Waals surface area (Å²) in [5.41, 5.74) is 0.0176. The van der Waals surface area contributed by atoms with E-state index in [1.807, 2.05) is 0 Å². The number of carboxylic acid groups (broad SMARTS) is 1. The Hall–Kier alpha value is -1.06. The van der Waals surface area contributed by atoms with Crippen molar-refractivity contribution in [2.75, 3.05) is 6.54 Å². The molecule has 1 rings (SSSR count). The molecule has 13 heavy (non-hydrogen) atoms. The topological polar surface area (TPSA) is 58.9 Å². The van der Waals surface area contributed by atoms with Crippen LogP contribution < -0.4 is 0 Å². The normalized spacial score (nSPS) is 22.4. The van der Waals surface area contributed by atoms with E-state index in [0.717, 1.165) is 0 Å². The summed E-state index contributed by atoms with van der Waals surface area (Å²) in [4.78, 5) is 14.4. The molecule has 1 N–H and O–H groups in total. The fraction of sp³-hybridized carbons (Fsp3) is 0.778. The van der Waals surface area contributed by atoms with Crippen molar-refractivity contribution in [3.8, 4) is 0 Å². The molecule has 1 atom stereocenters. The molecule has 0 fully saturated rings. The van der Waals surface area contributed by atoms with Gasteiger partial charge in [-0.3, -0.25) is 9.79 Å². The van der Waals surface area contributed by atoms with E-state index in [4.69, 9.17) is 9.84 Å². The van der Waals surface area contributed by atoms with Crippen LogP contribution in [0.15, 0.2) is 4.99 Å². The monoisotopic (exact) mass is 185 g/mol. The largest absolute Gasteiger partial charge is 0.481 e. The lowest BCUT2D eigenvalue weighted by molar-refractivity contribution is -0.135. The Morgan fingerprint density at radius 1 is 1.69 bits per heavy atom. The lowest BCUT2D eigenvalue weighted by Crippen LogP contribution is -2.29. The van der Waals surface area contributed by atoms with Crippen LogP contribution in [0.5, 0.6) is 0 Å². The van der Waals surface area contributed by atoms with E-state index in [1.165, 1.54) is 0 Å². The second-order valence-corrected chi connectivity index (χ2v) is 4.28. The van der Waals surface area contributed by atoms with Crippen LogP contribution in [0.2, 0.25) is 0 Å². The summed E-state index contributed by atoms with van der Waals surface area (Å²) in [5.74, 6) is -0.541. The zero-order valence-electron chi connectivity index (χ0n) is 8.20. The summed E-state index contributed by atoms with van der Waals surface area (Å²) in [6.07, 6.45) is -0.0890. The van der Waals surface area contributed by atoms with Gasteiger partial charge in [-0.25, -0.2) is 0 Å². The first-order valence-electron chi connectivity index (χ1n) is 4.31. The summed E-state index contributed by atoms with van der Waals surface area (Å²) in [7, 11) is 0. The number of rotatable bonds is 2. The maximum absolute atomic E-state index is 10.4. The summed E-state index contributed by atoms with van der Waals surface area (Å²) in [6.45, 7) is 6.73. The van der Waals surface area contributed by atoms with Gasteiger partial charge in [0.15, 0.2) is 5.90 Å². The number of hydrogen-bond acceptors (Lipinski definition) is 3. The van der Waals surface area contributed by atoms with E-state index in [-0.39, 0.29) is 17.9 Å². The molecule has 0 radical (unpaired) electrons. The zero-order valence-corrected chi connectivity index (χ0v) is 8.20. The van der Waals surface area contributed by atoms with Gasteiger partial charge in [-0.2, -0.15) is 0 Å². The maximum Gasteiger partial charge on any atom is 0.312 e. The summed E-state index contributed by atoms with van der Waals surface area (Å²) >= 11 is 0. The molecule has 0 saturated heterocycles. The van der Waals surface area contributed by atoms with Crippen LogP contribution in [0.3, 0.4) is 0 Å². The lowest BCUT2D eigenvalue weighted by Gasteiger charge is -2.25. The van der Waals surface area contributed by atoms with Gasteiger partial charge in [-0.05, 0) is 0 Å². The third-order valence-corrected chi connectivity index (χ3v) is 1.98. The molecule has 0 aliphatic carbocycles. The second kappa shape index (κ2) is 3.36. The van der Waals surface area contributed by atoms with Crippen molar-refractivity contribution in [3.63, 3.8) is 0 Å². The summed E-state index contributed by atoms with van der Waals surface area (Å²) in [6, 6.07) is 0. The highest BCUT2D eigenvalue weighted by molar-refractivity contribution is 5.94. The molecule has 1 aliphatic rings. The molecule has 0 bridgehead atoms. The highest BCUT2D eigenvalue weighted by atomic mass is 16.5. The van der Waals surface area contributed by atoms with E-state index in [2.05, 4.69) is 25.8 Å². The molecular weight excluding hydrogens is 170 g/mol. The minimum absolute atomic E-state index is 0.0156. The molecule has 0 spiro atoms. The van der Waals surface area contributed by atoms with Gasteiger partial charge in [0, 0.05) is 5.41 Å². The van der Waals surface area contributed by atoms with E-state index in [1.54, 1.807) is 0 Å². The van der Waals surface area contributed by atoms with Crippen LogP contribution in [0.1, 0.15) is 27.2 Å². The van der Waals surface area contributed by atoms with Gasteiger partial charge in [-0.1, -0.05) is 20.8 Å². The lowest BCUT2D eigenvalue weighted by atomic mass is 9.89. The van der Waals surface area contributed by atoms with Gasteiger partial charge in [0.05, 0.1) is 6.54 Å². The average molecular weight is 185 g/mol. The molecular formula is C9H15NO3. The first-order chi connectivity index (χ1) is 5.89. The molecule has 0 amide bonds. The Labute approximate surface area is 77.6 Å². The molecule has 4 heteroatoms. The fourth-order valence-electron chi connectivity index (χ4n) is 1.10. The number of aliphatic carboxylic acids is 1. The van der Waals surface area contributed by atoms with Gasteiger partial charge in [0.1, 0.15) is 12.5 Å². The number of ether oxygens (including phenoxy) is 1. The van der Waals surface area contributed by atoms with Gasteiger partial charge in [0.2, 0.25) is 0 Å². The zero-order chi connectivity index (χ0) is 10.1. The first-order valence-corrected chi connectivity index (χ1v) is 4.31. The van der Waals surface area contributed by atoms with Crippen molar-refractivity contribution in [2.24, 2.45) is 10.4 Å². The quantitative estimate of drug-likeness (QED) is 0.705. The van der Waals surface area contributed by atoms with Crippen molar-refractivity contribution in [2.45, 2.75) is 33.3 Å². The molecule has 1 aliphatic heterocycles. The number of hydrogen-bond donors (Lipinski definition) is 1. The van der Waals surface area contributed by atoms with Crippen molar-refractivity contribution < 1.29 is 14.6 Å². The van der Waals surface area contributed by atoms with Gasteiger partial charge in [0.25, 0.3) is 0 Å². The third-order valence-electron chi connectivity index (χ3n) is 1.98. The van der Waals surface area contributed by atoms with Gasteiger partial charge >= 0.3 is 5.97 Å². The molecule has 4 nitrogen and oxygen atoms in total. The van der Waals surface area contributed by atoms with Crippen LogP contribution >= 0.6 is 0 Å². The van der Waals surface area contributed by atoms with Crippen LogP contribution in [0.4, 0.5) is 0 Å². The smallest absolute Gasteiger partial charge is 0.312 e. The first kappa shape index (κ1) is 10.0. The summed E-state index contributed by atoms with van der Waals surface area (Å²) < 4.78 is 5.41. The minimum Gasteiger partial charge on any atom is -0.481 e. The molecule has 74 valence electrons. The van der Waals surface area contributed by atoms with Crippen LogP contribution in [-0.4, -0.2) is 29.6 Å². The van der Waals surface area contributed by atoms with Crippen molar-refractivity contribution in [1.29, 1.82) is 0 Å². The predicted octanol–water partition coefficient (Wildman–Crippen LogP) is 1.30. The number of carbonyl (C=O) groups is 1. The third kappa shape index (κ3) is 2.72. The molecule has 0 aromatic heterocycles. The van der Waals surface area contributed by atoms with Crippen molar-refractivity contribution in [3.05, 3.63) is 0 Å². The highest BCUT2D eigenvalue weighted by Gasteiger charge is 2.31. The molecule has 1 unspecified atom stereocenters. The number of carboxylic acids is 1. The van der Waals surface area contributed by atoms with Crippen LogP contribution in [0, 0.1) is 5.41 Å². The van der Waals surface area contributed by atoms with Gasteiger partial charge < -0.3 is 9.84 Å². The van der Waals surface area contributed by atoms with Crippen LogP contribution in [0.25, 0.3) is 0 Å². The Kier molecular flexibility index (Phi) is 2.59. The molecule has 0 aromatic rings. The number of nitrogens with zero attached hydrogens (tertiary/aromatic N) is 1. The Morgan fingerprint density at radius 2 is 2.31 bits per heavy atom. The molecule has 0 aromatic carbocycles. The SMILES string of the molecule is CC(C)(C)C1CN=C(CC(=O)O)O1. The van der Waals surface area contributed by atoms with Crippen molar-refractivity contribution >= 4 is 11.9 Å². The average Bonchev–Trinajstić information content (AvgIpc) is 2.32. The van der Waals surface area contributed by atoms with Crippen molar-refractivity contribution in [1.82, 2.24) is 0 Å². The van der Waals surface area contributed by atoms with Crippen LogP contribution in [-0.2, 0) is 9.53 Å². The van der Waals surface area contributed by atoms with E-state index >= 15 is 0 Å². The van der Waals surface area contributed by atoms with E-state index in [9.17, 15) is 4.79 Å². The maximum atomic E-state index is 10.4.